The highest BCUT2D eigenvalue weighted by atomic mass is 35.5. The smallest absolute Gasteiger partial charge is 0.339 e. The first-order valence-electron chi connectivity index (χ1n) is 14.1. The number of halogens is 1. The molecule has 11 heteroatoms. The lowest BCUT2D eigenvalue weighted by atomic mass is 9.81. The highest BCUT2D eigenvalue weighted by Gasteiger charge is 2.42. The van der Waals surface area contributed by atoms with Gasteiger partial charge in [-0.1, -0.05) is 72.8 Å². The summed E-state index contributed by atoms with van der Waals surface area (Å²) in [6.07, 6.45) is -0.855. The molecule has 3 aromatic carbocycles. The molecule has 3 aromatic rings. The van der Waals surface area contributed by atoms with Crippen LogP contribution in [0, 0.1) is 10.1 Å². The Balaban J connectivity index is 0.00000442. The number of likely N-dealkylation sites (tertiary alicyclic amines) is 1. The minimum Gasteiger partial charge on any atom is -0.460 e. The van der Waals surface area contributed by atoms with Gasteiger partial charge in [-0.2, -0.15) is 0 Å². The number of nitrogens with zero attached hydrogens (tertiary/aromatic N) is 2. The van der Waals surface area contributed by atoms with Crippen LogP contribution in [0.1, 0.15) is 49.4 Å². The van der Waals surface area contributed by atoms with E-state index in [4.69, 9.17) is 15.2 Å². The topological polar surface area (TPSA) is 137 Å². The average molecular weight is 619 g/mol. The molecule has 44 heavy (non-hydrogen) atoms. The van der Waals surface area contributed by atoms with Gasteiger partial charge in [0.25, 0.3) is 5.69 Å². The first kappa shape index (κ1) is 32.2. The number of non-ortho nitro benzene ring substituents is 1. The van der Waals surface area contributed by atoms with E-state index in [0.717, 1.165) is 11.1 Å². The fourth-order valence-electron chi connectivity index (χ4n) is 5.64. The molecule has 0 radical (unpaired) electrons. The standard InChI is InChI=1S/C33H34N4O6.ClH/c1-20(2)42-32(38)27-21(3)35-31(34)29(28(27)24-15-10-16-25(17-24)37(40)41)33(39)43-26-18-36(19-26)30(22-11-6-4-7-12-22)23-13-8-5-9-14-23;/h4-17,20,26,28,30,35H,18-19,34H2,1-3H3;1H/t28-;/m1./s1. The maximum Gasteiger partial charge on any atom is 0.339 e. The van der Waals surface area contributed by atoms with Crippen LogP contribution < -0.4 is 11.1 Å². The summed E-state index contributed by atoms with van der Waals surface area (Å²) in [6, 6.07) is 26.0. The molecule has 0 bridgehead atoms. The number of nitro groups is 1. The minimum absolute atomic E-state index is 0. The number of rotatable bonds is 9. The van der Waals surface area contributed by atoms with Crippen LogP contribution in [0.5, 0.6) is 0 Å². The zero-order chi connectivity index (χ0) is 30.7. The van der Waals surface area contributed by atoms with Gasteiger partial charge in [0.15, 0.2) is 0 Å². The van der Waals surface area contributed by atoms with E-state index in [1.165, 1.54) is 18.2 Å². The molecule has 2 heterocycles. The van der Waals surface area contributed by atoms with Gasteiger partial charge in [0.1, 0.15) is 11.9 Å². The van der Waals surface area contributed by atoms with E-state index in [2.05, 4.69) is 34.5 Å². The van der Waals surface area contributed by atoms with Crippen molar-refractivity contribution in [3.05, 3.63) is 134 Å². The Morgan fingerprint density at radius 2 is 1.52 bits per heavy atom. The molecule has 1 fully saturated rings. The van der Waals surface area contributed by atoms with E-state index >= 15 is 0 Å². The lowest BCUT2D eigenvalue weighted by molar-refractivity contribution is -0.384. The van der Waals surface area contributed by atoms with E-state index in [9.17, 15) is 19.7 Å². The number of esters is 2. The molecule has 1 saturated heterocycles. The molecule has 2 aliphatic rings. The normalized spacial score (nSPS) is 17.1. The Morgan fingerprint density at radius 1 is 0.932 bits per heavy atom. The third-order valence-corrected chi connectivity index (χ3v) is 7.54. The molecule has 0 unspecified atom stereocenters. The van der Waals surface area contributed by atoms with Crippen LogP contribution in [0.25, 0.3) is 0 Å². The molecule has 0 amide bonds. The Kier molecular flexibility index (Phi) is 10.1. The summed E-state index contributed by atoms with van der Waals surface area (Å²) in [5.74, 6) is -2.37. The Hall–Kier alpha value is -4.67. The van der Waals surface area contributed by atoms with Crippen molar-refractivity contribution >= 4 is 30.0 Å². The number of carbonyl (C=O) groups is 2. The molecule has 2 aliphatic heterocycles. The molecule has 3 N–H and O–H groups in total. The zero-order valence-electron chi connectivity index (χ0n) is 24.6. The number of dihydropyridines is 1. The molecule has 0 spiro atoms. The SMILES string of the molecule is CC1=C(C(=O)OC(C)C)[C@@H](c2cccc([N+](=O)[O-])c2)C(C(=O)OC2CN(C(c3ccccc3)c3ccccc3)C2)=C(N)N1.Cl. The van der Waals surface area contributed by atoms with Gasteiger partial charge in [0.2, 0.25) is 0 Å². The van der Waals surface area contributed by atoms with E-state index < -0.39 is 35.0 Å². The number of hydrogen-bond acceptors (Lipinski definition) is 9. The molecular formula is C33H35ClN4O6. The second-order valence-corrected chi connectivity index (χ2v) is 10.9. The second-order valence-electron chi connectivity index (χ2n) is 10.9. The molecule has 0 aliphatic carbocycles. The van der Waals surface area contributed by atoms with E-state index in [-0.39, 0.29) is 41.1 Å². The summed E-state index contributed by atoms with van der Waals surface area (Å²) in [4.78, 5) is 40.4. The van der Waals surface area contributed by atoms with Gasteiger partial charge in [-0.25, -0.2) is 9.59 Å². The van der Waals surface area contributed by atoms with Gasteiger partial charge >= 0.3 is 11.9 Å². The molecule has 10 nitrogen and oxygen atoms in total. The number of nitro benzene ring substituents is 1. The van der Waals surface area contributed by atoms with Crippen molar-refractivity contribution in [3.8, 4) is 0 Å². The quantitative estimate of drug-likeness (QED) is 0.190. The highest BCUT2D eigenvalue weighted by molar-refractivity contribution is 6.00. The maximum absolute atomic E-state index is 13.8. The van der Waals surface area contributed by atoms with E-state index in [1.54, 1.807) is 26.8 Å². The third kappa shape index (κ3) is 6.77. The lowest BCUT2D eigenvalue weighted by Gasteiger charge is -2.44. The van der Waals surface area contributed by atoms with Crippen molar-refractivity contribution in [3.63, 3.8) is 0 Å². The van der Waals surface area contributed by atoms with Gasteiger partial charge in [-0.15, -0.1) is 12.4 Å². The summed E-state index contributed by atoms with van der Waals surface area (Å²) in [5.41, 5.74) is 9.31. The van der Waals surface area contributed by atoms with Crippen molar-refractivity contribution < 1.29 is 24.0 Å². The van der Waals surface area contributed by atoms with Gasteiger partial charge < -0.3 is 20.5 Å². The maximum atomic E-state index is 13.8. The van der Waals surface area contributed by atoms with Gasteiger partial charge in [0.05, 0.1) is 34.1 Å². The Labute approximate surface area is 262 Å². The summed E-state index contributed by atoms with van der Waals surface area (Å²) in [6.45, 7) is 6.05. The predicted octanol–water partition coefficient (Wildman–Crippen LogP) is 5.12. The Bertz CT molecular complexity index is 1550. The van der Waals surface area contributed by atoms with Crippen molar-refractivity contribution in [1.29, 1.82) is 0 Å². The van der Waals surface area contributed by atoms with Crippen LogP contribution in [-0.4, -0.2) is 47.1 Å². The summed E-state index contributed by atoms with van der Waals surface area (Å²) in [5, 5.41) is 14.5. The predicted molar refractivity (Wildman–Crippen MR) is 168 cm³/mol. The van der Waals surface area contributed by atoms with Crippen LogP contribution in [0.15, 0.2) is 108 Å². The number of benzene rings is 3. The molecule has 0 saturated carbocycles. The zero-order valence-corrected chi connectivity index (χ0v) is 25.5. The van der Waals surface area contributed by atoms with Crippen molar-refractivity contribution in [2.24, 2.45) is 5.73 Å². The average Bonchev–Trinajstić information content (AvgIpc) is 2.96. The second kappa shape index (κ2) is 13.7. The molecule has 0 aromatic heterocycles. The summed E-state index contributed by atoms with van der Waals surface area (Å²) >= 11 is 0. The Morgan fingerprint density at radius 3 is 2.07 bits per heavy atom. The van der Waals surface area contributed by atoms with Crippen molar-refractivity contribution in [2.75, 3.05) is 13.1 Å². The number of allylic oxidation sites excluding steroid dienone is 1. The number of hydrogen-bond donors (Lipinski definition) is 2. The van der Waals surface area contributed by atoms with Crippen molar-refractivity contribution in [2.45, 2.75) is 44.9 Å². The molecule has 1 atom stereocenters. The molecule has 5 rings (SSSR count). The molecule has 230 valence electrons. The fourth-order valence-corrected chi connectivity index (χ4v) is 5.64. The van der Waals surface area contributed by atoms with Crippen LogP contribution in [0.2, 0.25) is 0 Å². The van der Waals surface area contributed by atoms with Gasteiger partial charge in [0, 0.05) is 30.9 Å². The number of nitrogens with two attached hydrogens (primary N) is 1. The van der Waals surface area contributed by atoms with Gasteiger partial charge in [-0.3, -0.25) is 15.0 Å². The largest absolute Gasteiger partial charge is 0.460 e. The fraction of sp³-hybridized carbons (Fsp3) is 0.273. The summed E-state index contributed by atoms with van der Waals surface area (Å²) in [7, 11) is 0. The minimum atomic E-state index is -1.03. The van der Waals surface area contributed by atoms with Crippen molar-refractivity contribution in [1.82, 2.24) is 10.2 Å². The number of nitrogens with one attached hydrogen (secondary N) is 1. The first-order chi connectivity index (χ1) is 20.6. The number of carbonyl (C=O) groups excluding carboxylic acids is 2. The van der Waals surface area contributed by atoms with E-state index in [0.29, 0.717) is 24.4 Å². The first-order valence-corrected chi connectivity index (χ1v) is 14.1. The number of ether oxygens (including phenoxy) is 2. The van der Waals surface area contributed by atoms with E-state index in [1.807, 2.05) is 36.4 Å². The lowest BCUT2D eigenvalue weighted by Crippen LogP contribution is -2.54. The molecular weight excluding hydrogens is 584 g/mol. The van der Waals surface area contributed by atoms with Crippen LogP contribution in [0.4, 0.5) is 5.69 Å². The highest BCUT2D eigenvalue weighted by Crippen LogP contribution is 2.40. The van der Waals surface area contributed by atoms with Crippen LogP contribution >= 0.6 is 12.4 Å². The summed E-state index contributed by atoms with van der Waals surface area (Å²) < 4.78 is 11.5. The van der Waals surface area contributed by atoms with Crippen LogP contribution in [-0.2, 0) is 19.1 Å². The van der Waals surface area contributed by atoms with Crippen LogP contribution in [0.3, 0.4) is 0 Å². The van der Waals surface area contributed by atoms with Gasteiger partial charge in [-0.05, 0) is 37.5 Å². The monoisotopic (exact) mass is 618 g/mol. The third-order valence-electron chi connectivity index (χ3n) is 7.54.